The summed E-state index contributed by atoms with van der Waals surface area (Å²) in [6.07, 6.45) is 18.0. The molecule has 1 amide bonds. The average Bonchev–Trinajstić information content (AvgIpc) is 2.68. The molecule has 5 nitrogen and oxygen atoms in total. The number of amides is 1. The first-order valence-corrected chi connectivity index (χ1v) is 12.5. The van der Waals surface area contributed by atoms with Crippen molar-refractivity contribution >= 4 is 15.9 Å². The van der Waals surface area contributed by atoms with Crippen molar-refractivity contribution < 1.29 is 13.2 Å². The number of carbonyl (C=O) groups excluding carboxylic acids is 1. The zero-order valence-electron chi connectivity index (χ0n) is 18.0. The monoisotopic (exact) mass is 420 g/mol. The van der Waals surface area contributed by atoms with E-state index >= 15 is 0 Å². The molecule has 3 rings (SSSR count). The van der Waals surface area contributed by atoms with E-state index in [4.69, 9.17) is 0 Å². The highest BCUT2D eigenvalue weighted by Gasteiger charge is 2.31. The van der Waals surface area contributed by atoms with Crippen molar-refractivity contribution in [3.05, 3.63) is 35.5 Å². The Balaban J connectivity index is 1.48. The first-order chi connectivity index (χ1) is 13.7. The normalized spacial score (nSPS) is 26.6. The predicted octanol–water partition coefficient (Wildman–Crippen LogP) is 4.13. The molecule has 0 heterocycles. The Labute approximate surface area is 176 Å². The number of carbonyl (C=O) groups is 1. The molecule has 6 heteroatoms. The van der Waals surface area contributed by atoms with E-state index in [1.165, 1.54) is 32.1 Å². The zero-order chi connectivity index (χ0) is 21.1. The largest absolute Gasteiger partial charge is 0.349 e. The topological polar surface area (TPSA) is 75.3 Å². The maximum Gasteiger partial charge on any atom is 0.251 e. The van der Waals surface area contributed by atoms with Gasteiger partial charge >= 0.3 is 0 Å². The second kappa shape index (κ2) is 9.17. The lowest BCUT2D eigenvalue weighted by molar-refractivity contribution is -0.117. The minimum atomic E-state index is -3.41. The molecule has 0 spiro atoms. The van der Waals surface area contributed by atoms with E-state index in [-0.39, 0.29) is 18.0 Å². The molecule has 0 saturated heterocycles. The predicted molar refractivity (Wildman–Crippen MR) is 118 cm³/mol. The molecule has 0 aromatic carbocycles. The van der Waals surface area contributed by atoms with Gasteiger partial charge in [0.25, 0.3) is 5.91 Å². The van der Waals surface area contributed by atoms with Crippen LogP contribution in [0.3, 0.4) is 0 Å². The minimum absolute atomic E-state index is 0.0575. The summed E-state index contributed by atoms with van der Waals surface area (Å²) in [5.41, 5.74) is 2.24. The van der Waals surface area contributed by atoms with E-state index in [9.17, 15) is 13.2 Å². The summed E-state index contributed by atoms with van der Waals surface area (Å²) in [5.74, 6) is 0.719. The van der Waals surface area contributed by atoms with Crippen LogP contribution in [0.5, 0.6) is 0 Å². The maximum absolute atomic E-state index is 12.6. The summed E-state index contributed by atoms with van der Waals surface area (Å²) in [6.45, 7) is 5.03. The van der Waals surface area contributed by atoms with E-state index in [1.54, 1.807) is 38.5 Å². The molecule has 1 saturated carbocycles. The number of hydrogen-bond donors (Lipinski definition) is 2. The van der Waals surface area contributed by atoms with E-state index in [0.29, 0.717) is 12.0 Å². The van der Waals surface area contributed by atoms with Crippen molar-refractivity contribution in [2.75, 3.05) is 0 Å². The molecule has 0 radical (unpaired) electrons. The number of hydrogen-bond acceptors (Lipinski definition) is 3. The van der Waals surface area contributed by atoms with Crippen LogP contribution >= 0.6 is 0 Å². The first kappa shape index (κ1) is 22.3. The minimum Gasteiger partial charge on any atom is -0.349 e. The summed E-state index contributed by atoms with van der Waals surface area (Å²) in [5, 5.41) is 3.16. The second-order valence-electron chi connectivity index (χ2n) is 9.65. The van der Waals surface area contributed by atoms with Crippen LogP contribution in [0.1, 0.15) is 78.6 Å². The van der Waals surface area contributed by atoms with E-state index in [2.05, 4.69) is 16.1 Å². The van der Waals surface area contributed by atoms with Gasteiger partial charge in [-0.15, -0.1) is 0 Å². The molecule has 29 heavy (non-hydrogen) atoms. The molecule has 2 N–H and O–H groups in total. The Morgan fingerprint density at radius 2 is 1.76 bits per heavy atom. The van der Waals surface area contributed by atoms with Gasteiger partial charge in [-0.25, -0.2) is 13.1 Å². The Morgan fingerprint density at radius 1 is 1.03 bits per heavy atom. The molecule has 0 aromatic rings. The van der Waals surface area contributed by atoms with Crippen molar-refractivity contribution in [3.63, 3.8) is 0 Å². The van der Waals surface area contributed by atoms with Gasteiger partial charge in [0.15, 0.2) is 0 Å². The van der Waals surface area contributed by atoms with Crippen LogP contribution in [0, 0.1) is 5.92 Å². The van der Waals surface area contributed by atoms with Crippen molar-refractivity contribution in [2.24, 2.45) is 5.92 Å². The zero-order valence-corrected chi connectivity index (χ0v) is 18.9. The van der Waals surface area contributed by atoms with Crippen LogP contribution in [0.4, 0.5) is 0 Å². The third-order valence-electron chi connectivity index (χ3n) is 6.39. The van der Waals surface area contributed by atoms with Crippen molar-refractivity contribution in [1.82, 2.24) is 10.0 Å². The van der Waals surface area contributed by atoms with Gasteiger partial charge in [0.2, 0.25) is 10.0 Å². The van der Waals surface area contributed by atoms with Crippen LogP contribution in [-0.2, 0) is 14.8 Å². The van der Waals surface area contributed by atoms with Crippen molar-refractivity contribution in [2.45, 2.75) is 95.4 Å². The highest BCUT2D eigenvalue weighted by atomic mass is 32.2. The number of rotatable bonds is 5. The van der Waals surface area contributed by atoms with Gasteiger partial charge in [0.1, 0.15) is 0 Å². The number of allylic oxidation sites excluding steroid dienone is 1. The molecular formula is C23H36N2O3S. The Morgan fingerprint density at radius 3 is 2.31 bits per heavy atom. The molecule has 0 aliphatic heterocycles. The van der Waals surface area contributed by atoms with Crippen LogP contribution < -0.4 is 10.0 Å². The fourth-order valence-electron chi connectivity index (χ4n) is 4.35. The fourth-order valence-corrected chi connectivity index (χ4v) is 5.28. The van der Waals surface area contributed by atoms with Gasteiger partial charge in [-0.1, -0.05) is 49.1 Å². The van der Waals surface area contributed by atoms with E-state index in [0.717, 1.165) is 25.2 Å². The first-order valence-electron chi connectivity index (χ1n) is 11.1. The smallest absolute Gasteiger partial charge is 0.251 e. The van der Waals surface area contributed by atoms with Crippen molar-refractivity contribution in [1.29, 1.82) is 0 Å². The standard InChI is InChI=1S/C23H36N2O3S/c1-23(2,3)29(27,28)25-21-15-11-19(12-16-21)22(26)24-20-13-9-18(10-14-20)17-7-5-4-6-8-17/h9,11-12,15,17,20-21,25H,4-8,10,13-14,16H2,1-3H3,(H,24,26). The lowest BCUT2D eigenvalue weighted by atomic mass is 9.79. The average molecular weight is 421 g/mol. The van der Waals surface area contributed by atoms with Gasteiger partial charge < -0.3 is 5.32 Å². The molecule has 2 unspecified atom stereocenters. The molecule has 3 aliphatic rings. The maximum atomic E-state index is 12.6. The highest BCUT2D eigenvalue weighted by molar-refractivity contribution is 7.90. The van der Waals surface area contributed by atoms with E-state index < -0.39 is 14.8 Å². The summed E-state index contributed by atoms with van der Waals surface area (Å²) in [6, 6.07) is -0.104. The van der Waals surface area contributed by atoms with Gasteiger partial charge in [-0.05, 0) is 65.2 Å². The second-order valence-corrected chi connectivity index (χ2v) is 12.1. The third-order valence-corrected chi connectivity index (χ3v) is 8.61. The van der Waals surface area contributed by atoms with Crippen molar-refractivity contribution in [3.8, 4) is 0 Å². The Bertz CT molecular complexity index is 796. The van der Waals surface area contributed by atoms with Gasteiger partial charge in [0.05, 0.1) is 4.75 Å². The molecular weight excluding hydrogens is 384 g/mol. The molecule has 0 bridgehead atoms. The van der Waals surface area contributed by atoms with Crippen LogP contribution in [0.2, 0.25) is 0 Å². The summed E-state index contributed by atoms with van der Waals surface area (Å²) in [4.78, 5) is 12.6. The third kappa shape index (κ3) is 5.82. The molecule has 2 atom stereocenters. The van der Waals surface area contributed by atoms with Gasteiger partial charge in [-0.2, -0.15) is 0 Å². The number of sulfonamides is 1. The molecule has 1 fully saturated rings. The molecule has 162 valence electrons. The Kier molecular flexibility index (Phi) is 7.05. The van der Waals surface area contributed by atoms with Crippen LogP contribution in [-0.4, -0.2) is 31.2 Å². The highest BCUT2D eigenvalue weighted by Crippen LogP contribution is 2.34. The van der Waals surface area contributed by atoms with E-state index in [1.807, 2.05) is 6.08 Å². The quantitative estimate of drug-likeness (QED) is 0.657. The summed E-state index contributed by atoms with van der Waals surface area (Å²) in [7, 11) is -3.41. The Hall–Kier alpha value is -1.40. The summed E-state index contributed by atoms with van der Waals surface area (Å²) >= 11 is 0. The van der Waals surface area contributed by atoms with Gasteiger partial charge in [0, 0.05) is 17.7 Å². The fraction of sp³-hybridized carbons (Fsp3) is 0.696. The van der Waals surface area contributed by atoms with Crippen LogP contribution in [0.25, 0.3) is 0 Å². The lowest BCUT2D eigenvalue weighted by Crippen LogP contribution is -2.44. The lowest BCUT2D eigenvalue weighted by Gasteiger charge is -2.30. The summed E-state index contributed by atoms with van der Waals surface area (Å²) < 4.78 is 26.4. The molecule has 3 aliphatic carbocycles. The van der Waals surface area contributed by atoms with Crippen LogP contribution in [0.15, 0.2) is 35.5 Å². The number of nitrogens with one attached hydrogen (secondary N) is 2. The SMILES string of the molecule is CC(C)(C)S(=O)(=O)NC1C=CC(C(=O)NC2CC=C(C3CCCCC3)CC2)=CC1. The van der Waals surface area contributed by atoms with Gasteiger partial charge in [-0.3, -0.25) is 4.79 Å². The molecule has 0 aromatic heterocycles.